The average Bonchev–Trinajstić information content (AvgIpc) is 3.50. The van der Waals surface area contributed by atoms with Crippen molar-refractivity contribution in [3.05, 3.63) is 83.4 Å². The maximum atomic E-state index is 14.7. The summed E-state index contributed by atoms with van der Waals surface area (Å²) in [5, 5.41) is 7.30. The molecule has 2 aromatic carbocycles. The summed E-state index contributed by atoms with van der Waals surface area (Å²) in [6, 6.07) is 14.9. The number of likely N-dealkylation sites (tertiary alicyclic amines) is 1. The van der Waals surface area contributed by atoms with Crippen molar-refractivity contribution in [2.24, 2.45) is 0 Å². The molecule has 154 valence electrons. The van der Waals surface area contributed by atoms with E-state index in [1.54, 1.807) is 16.8 Å². The van der Waals surface area contributed by atoms with E-state index in [0.29, 0.717) is 29.4 Å². The number of nitrogens with zero attached hydrogens (tertiary/aromatic N) is 4. The molecule has 1 fully saturated rings. The Balaban J connectivity index is 1.30. The third-order valence-corrected chi connectivity index (χ3v) is 6.43. The molecule has 0 radical (unpaired) electrons. The van der Waals surface area contributed by atoms with E-state index in [2.05, 4.69) is 27.5 Å². The van der Waals surface area contributed by atoms with Gasteiger partial charge in [0.25, 0.3) is 0 Å². The van der Waals surface area contributed by atoms with Gasteiger partial charge in [0.05, 0.1) is 23.4 Å². The highest BCUT2D eigenvalue weighted by Gasteiger charge is 2.44. The van der Waals surface area contributed by atoms with Gasteiger partial charge in [-0.2, -0.15) is 0 Å². The summed E-state index contributed by atoms with van der Waals surface area (Å²) in [6.07, 6.45) is 4.49. The van der Waals surface area contributed by atoms with Crippen molar-refractivity contribution < 1.29 is 9.18 Å². The number of hydrogen-bond acceptors (Lipinski definition) is 3. The van der Waals surface area contributed by atoms with Crippen molar-refractivity contribution in [3.63, 3.8) is 0 Å². The van der Waals surface area contributed by atoms with Crippen molar-refractivity contribution in [1.29, 1.82) is 0 Å². The Hall–Kier alpha value is -3.74. The average molecular weight is 413 g/mol. The molecule has 6 rings (SSSR count). The molecular weight excluding hydrogens is 393 g/mol. The van der Waals surface area contributed by atoms with Gasteiger partial charge in [-0.05, 0) is 54.3 Å². The second kappa shape index (κ2) is 6.63. The molecule has 2 unspecified atom stereocenters. The number of urea groups is 1. The Bertz CT molecular complexity index is 1350. The second-order valence-electron chi connectivity index (χ2n) is 8.27. The van der Waals surface area contributed by atoms with Crippen LogP contribution in [0.2, 0.25) is 0 Å². The number of aromatic nitrogens is 3. The molecule has 1 aliphatic heterocycles. The fourth-order valence-electron chi connectivity index (χ4n) is 4.92. The van der Waals surface area contributed by atoms with Crippen LogP contribution in [0.25, 0.3) is 16.9 Å². The maximum absolute atomic E-state index is 14.7. The molecule has 4 aromatic rings. The number of halogens is 1. The van der Waals surface area contributed by atoms with Gasteiger partial charge in [0.15, 0.2) is 5.82 Å². The topological polar surface area (TPSA) is 62.5 Å². The molecule has 2 bridgehead atoms. The van der Waals surface area contributed by atoms with Crippen LogP contribution in [0.5, 0.6) is 0 Å². The number of benzene rings is 2. The smallest absolute Gasteiger partial charge is 0.317 e. The lowest BCUT2D eigenvalue weighted by Crippen LogP contribution is -2.37. The Labute approximate surface area is 178 Å². The molecule has 0 saturated carbocycles. The molecule has 1 aliphatic carbocycles. The highest BCUT2D eigenvalue weighted by atomic mass is 19.1. The molecule has 2 amide bonds. The lowest BCUT2D eigenvalue weighted by Gasteiger charge is -2.29. The number of hydrogen-bond donors (Lipinski definition) is 1. The number of amides is 2. The van der Waals surface area contributed by atoms with Crippen LogP contribution in [0.15, 0.2) is 60.9 Å². The SMILES string of the molecule is Cc1cc(F)c(NC(=O)N2CC3CC2c2ccccc23)cc1-c1ncc2cccn2n1. The van der Waals surface area contributed by atoms with E-state index in [9.17, 15) is 9.18 Å². The quantitative estimate of drug-likeness (QED) is 0.507. The number of carbonyl (C=O) groups excluding carboxylic acids is 1. The summed E-state index contributed by atoms with van der Waals surface area (Å²) in [6.45, 7) is 2.46. The van der Waals surface area contributed by atoms with Gasteiger partial charge < -0.3 is 10.2 Å². The molecule has 31 heavy (non-hydrogen) atoms. The zero-order valence-corrected chi connectivity index (χ0v) is 16.9. The van der Waals surface area contributed by atoms with Gasteiger partial charge in [-0.15, -0.1) is 5.10 Å². The van der Waals surface area contributed by atoms with Crippen LogP contribution in [0.1, 0.15) is 35.1 Å². The van der Waals surface area contributed by atoms with E-state index < -0.39 is 5.82 Å². The minimum absolute atomic E-state index is 0.0497. The van der Waals surface area contributed by atoms with Crippen LogP contribution >= 0.6 is 0 Å². The fourth-order valence-corrected chi connectivity index (χ4v) is 4.92. The minimum Gasteiger partial charge on any atom is -0.317 e. The summed E-state index contributed by atoms with van der Waals surface area (Å²) in [5.74, 6) is 0.360. The third-order valence-electron chi connectivity index (χ3n) is 6.43. The molecule has 0 spiro atoms. The summed E-state index contributed by atoms with van der Waals surface area (Å²) in [4.78, 5) is 19.3. The van der Waals surface area contributed by atoms with Crippen LogP contribution in [0.4, 0.5) is 14.9 Å². The predicted octanol–water partition coefficient (Wildman–Crippen LogP) is 4.92. The second-order valence-corrected chi connectivity index (χ2v) is 8.27. The monoisotopic (exact) mass is 413 g/mol. The Morgan fingerprint density at radius 1 is 1.16 bits per heavy atom. The van der Waals surface area contributed by atoms with Gasteiger partial charge in [0.2, 0.25) is 0 Å². The number of carbonyl (C=O) groups is 1. The van der Waals surface area contributed by atoms with Gasteiger partial charge in [0, 0.05) is 24.2 Å². The van der Waals surface area contributed by atoms with E-state index in [1.165, 1.54) is 17.2 Å². The van der Waals surface area contributed by atoms with Gasteiger partial charge in [-0.3, -0.25) is 0 Å². The van der Waals surface area contributed by atoms with Crippen molar-refractivity contribution in [1.82, 2.24) is 19.5 Å². The van der Waals surface area contributed by atoms with Crippen LogP contribution < -0.4 is 5.32 Å². The van der Waals surface area contributed by atoms with Crippen molar-refractivity contribution in [2.75, 3.05) is 11.9 Å². The third kappa shape index (κ3) is 2.80. The highest BCUT2D eigenvalue weighted by molar-refractivity contribution is 5.91. The first kappa shape index (κ1) is 18.1. The number of rotatable bonds is 2. The molecular formula is C24H20FN5O. The molecule has 2 aliphatic rings. The first-order chi connectivity index (χ1) is 15.1. The Morgan fingerprint density at radius 3 is 2.87 bits per heavy atom. The zero-order valence-electron chi connectivity index (χ0n) is 16.9. The summed E-state index contributed by atoms with van der Waals surface area (Å²) in [7, 11) is 0. The molecule has 1 N–H and O–H groups in total. The standard InChI is InChI=1S/C24H20FN5O/c1-14-9-20(25)21(11-19(14)23-26-12-16-5-4-8-30(16)28-23)27-24(31)29-13-15-10-22(29)18-7-3-2-6-17(15)18/h2-9,11-12,15,22H,10,13H2,1H3,(H,27,31). The molecule has 3 heterocycles. The highest BCUT2D eigenvalue weighted by Crippen LogP contribution is 2.50. The van der Waals surface area contributed by atoms with E-state index in [4.69, 9.17) is 0 Å². The van der Waals surface area contributed by atoms with Crippen LogP contribution in [-0.4, -0.2) is 32.1 Å². The van der Waals surface area contributed by atoms with E-state index >= 15 is 0 Å². The van der Waals surface area contributed by atoms with Crippen molar-refractivity contribution in [2.45, 2.75) is 25.3 Å². The maximum Gasteiger partial charge on any atom is 0.322 e. The van der Waals surface area contributed by atoms with E-state index in [1.807, 2.05) is 42.3 Å². The van der Waals surface area contributed by atoms with Crippen LogP contribution in [0, 0.1) is 12.7 Å². The lowest BCUT2D eigenvalue weighted by atomic mass is 9.99. The lowest BCUT2D eigenvalue weighted by molar-refractivity contribution is 0.204. The predicted molar refractivity (Wildman–Crippen MR) is 115 cm³/mol. The molecule has 2 aromatic heterocycles. The van der Waals surface area contributed by atoms with Crippen LogP contribution in [-0.2, 0) is 0 Å². The van der Waals surface area contributed by atoms with Gasteiger partial charge in [-0.1, -0.05) is 24.3 Å². The minimum atomic E-state index is -0.471. The van der Waals surface area contributed by atoms with E-state index in [0.717, 1.165) is 11.9 Å². The molecule has 1 saturated heterocycles. The van der Waals surface area contributed by atoms with Gasteiger partial charge in [-0.25, -0.2) is 18.7 Å². The van der Waals surface area contributed by atoms with Crippen molar-refractivity contribution >= 4 is 17.2 Å². The first-order valence-electron chi connectivity index (χ1n) is 10.4. The normalized spacial score (nSPS) is 19.1. The largest absolute Gasteiger partial charge is 0.322 e. The molecule has 7 heteroatoms. The van der Waals surface area contributed by atoms with Crippen LogP contribution in [0.3, 0.4) is 0 Å². The number of fused-ring (bicyclic) bond motifs is 6. The fraction of sp³-hybridized carbons (Fsp3) is 0.208. The number of anilines is 1. The summed E-state index contributed by atoms with van der Waals surface area (Å²) >= 11 is 0. The number of nitrogens with one attached hydrogen (secondary N) is 1. The summed E-state index contributed by atoms with van der Waals surface area (Å²) < 4.78 is 16.5. The Kier molecular flexibility index (Phi) is 3.86. The Morgan fingerprint density at radius 2 is 2.00 bits per heavy atom. The first-order valence-corrected chi connectivity index (χ1v) is 10.4. The van der Waals surface area contributed by atoms with Crippen molar-refractivity contribution in [3.8, 4) is 11.4 Å². The van der Waals surface area contributed by atoms with Gasteiger partial charge >= 0.3 is 6.03 Å². The number of aryl methyl sites for hydroxylation is 1. The summed E-state index contributed by atoms with van der Waals surface area (Å²) in [5.41, 5.74) is 4.93. The zero-order chi connectivity index (χ0) is 21.1. The molecule has 6 nitrogen and oxygen atoms in total. The molecule has 2 atom stereocenters. The van der Waals surface area contributed by atoms with Gasteiger partial charge in [0.1, 0.15) is 5.82 Å². The van der Waals surface area contributed by atoms with E-state index in [-0.39, 0.29) is 17.8 Å².